The molecule has 14 heavy (non-hydrogen) atoms. The highest BCUT2D eigenvalue weighted by atomic mass is 16.4. The van der Waals surface area contributed by atoms with Gasteiger partial charge < -0.3 is 16.0 Å². The number of benzene rings is 1. The van der Waals surface area contributed by atoms with Crippen molar-refractivity contribution < 1.29 is 10.3 Å². The van der Waals surface area contributed by atoms with Crippen molar-refractivity contribution in [1.29, 1.82) is 0 Å². The minimum Gasteiger partial charge on any atom is -0.508 e. The molecule has 0 atom stereocenters. The van der Waals surface area contributed by atoms with Crippen molar-refractivity contribution in [1.82, 2.24) is 0 Å². The highest BCUT2D eigenvalue weighted by molar-refractivity contribution is 6.00. The summed E-state index contributed by atoms with van der Waals surface area (Å²) in [7, 11) is 0. The summed E-state index contributed by atoms with van der Waals surface area (Å²) >= 11 is 0. The first-order valence-corrected chi connectivity index (χ1v) is 4.23. The molecule has 1 aliphatic carbocycles. The van der Waals surface area contributed by atoms with Gasteiger partial charge in [-0.2, -0.15) is 0 Å². The molecule has 4 N–H and O–H groups in total. The number of nitrogens with zero attached hydrogens (tertiary/aromatic N) is 1. The minimum atomic E-state index is 0.0740. The zero-order valence-corrected chi connectivity index (χ0v) is 7.44. The summed E-state index contributed by atoms with van der Waals surface area (Å²) in [6.45, 7) is 0. The van der Waals surface area contributed by atoms with Gasteiger partial charge >= 0.3 is 0 Å². The van der Waals surface area contributed by atoms with E-state index in [1.807, 2.05) is 6.07 Å². The van der Waals surface area contributed by atoms with Crippen LogP contribution in [0.5, 0.6) is 0 Å². The van der Waals surface area contributed by atoms with Gasteiger partial charge in [0, 0.05) is 11.1 Å². The number of nitrogens with two attached hydrogens (primary N) is 1. The van der Waals surface area contributed by atoms with Crippen LogP contribution in [0.4, 0.5) is 0 Å². The summed E-state index contributed by atoms with van der Waals surface area (Å²) in [5, 5.41) is 21.0. The Morgan fingerprint density at radius 3 is 2.93 bits per heavy atom. The lowest BCUT2D eigenvalue weighted by Crippen LogP contribution is -2.15. The second-order valence-electron chi connectivity index (χ2n) is 3.11. The van der Waals surface area contributed by atoms with E-state index in [0.29, 0.717) is 12.0 Å². The third-order valence-electron chi connectivity index (χ3n) is 2.34. The Hall–Kier alpha value is -1.97. The Balaban J connectivity index is 2.58. The fourth-order valence-electron chi connectivity index (χ4n) is 1.65. The van der Waals surface area contributed by atoms with Crippen LogP contribution in [0.1, 0.15) is 16.7 Å². The van der Waals surface area contributed by atoms with Gasteiger partial charge in [-0.15, -0.1) is 0 Å². The molecule has 0 radical (unpaired) electrons. The van der Waals surface area contributed by atoms with E-state index < -0.39 is 0 Å². The van der Waals surface area contributed by atoms with Crippen LogP contribution in [0.3, 0.4) is 0 Å². The van der Waals surface area contributed by atoms with Crippen LogP contribution in [-0.2, 0) is 6.42 Å². The smallest absolute Gasteiger partial charge is 0.170 e. The largest absolute Gasteiger partial charge is 0.508 e. The molecule has 0 amide bonds. The minimum absolute atomic E-state index is 0.0740. The predicted molar refractivity (Wildman–Crippen MR) is 53.3 cm³/mol. The third kappa shape index (κ3) is 1.12. The van der Waals surface area contributed by atoms with Gasteiger partial charge in [-0.1, -0.05) is 23.4 Å². The summed E-state index contributed by atoms with van der Waals surface area (Å²) in [5.74, 6) is 0.331. The van der Waals surface area contributed by atoms with Crippen LogP contribution in [0.15, 0.2) is 29.4 Å². The van der Waals surface area contributed by atoms with Crippen molar-refractivity contribution in [2.75, 3.05) is 0 Å². The van der Waals surface area contributed by atoms with E-state index in [4.69, 9.17) is 10.9 Å². The van der Waals surface area contributed by atoms with Crippen LogP contribution in [-0.4, -0.2) is 16.1 Å². The predicted octanol–water partition coefficient (Wildman–Crippen LogP) is 1.24. The number of oxime groups is 1. The Kier molecular flexibility index (Phi) is 1.89. The molecule has 1 aromatic rings. The summed E-state index contributed by atoms with van der Waals surface area (Å²) in [6.07, 6.45) is 2.33. The van der Waals surface area contributed by atoms with Crippen molar-refractivity contribution in [2.45, 2.75) is 6.42 Å². The summed E-state index contributed by atoms with van der Waals surface area (Å²) in [5.41, 5.74) is 7.84. The van der Waals surface area contributed by atoms with E-state index in [0.717, 1.165) is 11.1 Å². The zero-order chi connectivity index (χ0) is 10.1. The molecule has 0 fully saturated rings. The first-order chi connectivity index (χ1) is 6.74. The molecule has 2 rings (SSSR count). The fourth-order valence-corrected chi connectivity index (χ4v) is 1.65. The standard InChI is InChI=1S/C10H10N2O2/c11-10(12-14)8-3-1-2-7-6(8)4-5-9(7)13/h1-3,5,13-14H,4H2,(H2,11,12). The van der Waals surface area contributed by atoms with E-state index in [1.165, 1.54) is 0 Å². The van der Waals surface area contributed by atoms with Crippen molar-refractivity contribution >= 4 is 11.6 Å². The number of fused-ring (bicyclic) bond motifs is 1. The third-order valence-corrected chi connectivity index (χ3v) is 2.34. The number of rotatable bonds is 1. The van der Waals surface area contributed by atoms with Gasteiger partial charge in [0.1, 0.15) is 5.76 Å². The molecule has 0 unspecified atom stereocenters. The molecule has 4 heteroatoms. The molecule has 0 aliphatic heterocycles. The average molecular weight is 190 g/mol. The second kappa shape index (κ2) is 3.06. The number of aliphatic hydroxyl groups excluding tert-OH is 1. The first kappa shape index (κ1) is 8.62. The molecule has 0 heterocycles. The first-order valence-electron chi connectivity index (χ1n) is 4.23. The average Bonchev–Trinajstić information content (AvgIpc) is 2.59. The van der Waals surface area contributed by atoms with Gasteiger partial charge in [0.05, 0.1) is 0 Å². The van der Waals surface area contributed by atoms with Crippen molar-refractivity contribution in [2.24, 2.45) is 10.9 Å². The van der Waals surface area contributed by atoms with Gasteiger partial charge in [-0.25, -0.2) is 0 Å². The molecule has 1 aromatic carbocycles. The molecule has 0 saturated carbocycles. The van der Waals surface area contributed by atoms with Crippen molar-refractivity contribution in [3.8, 4) is 0 Å². The lowest BCUT2D eigenvalue weighted by molar-refractivity contribution is 0.318. The molecule has 0 bridgehead atoms. The number of allylic oxidation sites excluding steroid dienone is 1. The molecule has 0 aromatic heterocycles. The molecular formula is C10H10N2O2. The van der Waals surface area contributed by atoms with Gasteiger partial charge in [0.15, 0.2) is 5.84 Å². The van der Waals surface area contributed by atoms with Gasteiger partial charge in [-0.05, 0) is 18.1 Å². The maximum Gasteiger partial charge on any atom is 0.170 e. The maximum absolute atomic E-state index is 9.48. The molecule has 0 saturated heterocycles. The normalized spacial score (nSPS) is 15.1. The van der Waals surface area contributed by atoms with Crippen LogP contribution < -0.4 is 5.73 Å². The summed E-state index contributed by atoms with van der Waals surface area (Å²) in [6, 6.07) is 5.34. The van der Waals surface area contributed by atoms with Crippen LogP contribution in [0.25, 0.3) is 5.76 Å². The van der Waals surface area contributed by atoms with E-state index in [-0.39, 0.29) is 11.6 Å². The molecule has 1 aliphatic rings. The number of aliphatic hydroxyl groups is 1. The number of hydrogen-bond acceptors (Lipinski definition) is 3. The van der Waals surface area contributed by atoms with E-state index in [1.54, 1.807) is 18.2 Å². The van der Waals surface area contributed by atoms with Crippen LogP contribution >= 0.6 is 0 Å². The number of amidine groups is 1. The second-order valence-corrected chi connectivity index (χ2v) is 3.11. The Labute approximate surface area is 81.0 Å². The SMILES string of the molecule is N/C(=N/O)c1cccc2c1CC=C2O. The molecule has 0 spiro atoms. The van der Waals surface area contributed by atoms with Crippen LogP contribution in [0.2, 0.25) is 0 Å². The quantitative estimate of drug-likeness (QED) is 0.270. The molecular weight excluding hydrogens is 180 g/mol. The Bertz CT molecular complexity index is 436. The monoisotopic (exact) mass is 190 g/mol. The summed E-state index contributed by atoms with van der Waals surface area (Å²) < 4.78 is 0. The van der Waals surface area contributed by atoms with Crippen molar-refractivity contribution in [3.05, 3.63) is 41.0 Å². The van der Waals surface area contributed by atoms with Gasteiger partial charge in [-0.3, -0.25) is 0 Å². The number of hydrogen-bond donors (Lipinski definition) is 3. The summed E-state index contributed by atoms with van der Waals surface area (Å²) in [4.78, 5) is 0. The fraction of sp³-hybridized carbons (Fsp3) is 0.100. The van der Waals surface area contributed by atoms with Gasteiger partial charge in [0.25, 0.3) is 0 Å². The Morgan fingerprint density at radius 2 is 2.21 bits per heavy atom. The topological polar surface area (TPSA) is 78.8 Å². The zero-order valence-electron chi connectivity index (χ0n) is 7.44. The maximum atomic E-state index is 9.48. The highest BCUT2D eigenvalue weighted by Gasteiger charge is 2.17. The van der Waals surface area contributed by atoms with E-state index in [9.17, 15) is 5.11 Å². The van der Waals surface area contributed by atoms with Gasteiger partial charge in [0.2, 0.25) is 0 Å². The lowest BCUT2D eigenvalue weighted by atomic mass is 10.0. The lowest BCUT2D eigenvalue weighted by Gasteiger charge is -2.06. The van der Waals surface area contributed by atoms with E-state index in [2.05, 4.69) is 5.16 Å². The van der Waals surface area contributed by atoms with E-state index >= 15 is 0 Å². The molecule has 4 nitrogen and oxygen atoms in total. The molecule has 72 valence electrons. The van der Waals surface area contributed by atoms with Crippen LogP contribution in [0, 0.1) is 0 Å². The Morgan fingerprint density at radius 1 is 1.43 bits per heavy atom. The highest BCUT2D eigenvalue weighted by Crippen LogP contribution is 2.27. The van der Waals surface area contributed by atoms with Crippen molar-refractivity contribution in [3.63, 3.8) is 0 Å².